The Balaban J connectivity index is 1.51. The number of nitrogens with one attached hydrogen (secondary N) is 2. The summed E-state index contributed by atoms with van der Waals surface area (Å²) < 4.78 is 62.0. The standard InChI is InChI=1S/C28H32F2N8O3S/c1-15-11-23(35-34-15)31-27-24(17-5-6-17)25(20-14-38(36-16(20)2)18-7-9-41-10-8-18)32-28(33-27)37(3)26-21(29)12-19(13-22(26)30)42(4,39)40/h11-14,17-18H,5-10H2,1-4H3,(H2,31,32,33,34,35). The molecule has 0 spiro atoms. The Kier molecular flexibility index (Phi) is 7.21. The van der Waals surface area contributed by atoms with Crippen molar-refractivity contribution in [3.63, 3.8) is 0 Å². The summed E-state index contributed by atoms with van der Waals surface area (Å²) in [5, 5.41) is 15.3. The average molecular weight is 599 g/mol. The maximum Gasteiger partial charge on any atom is 0.232 e. The first kappa shape index (κ1) is 28.2. The first-order valence-electron chi connectivity index (χ1n) is 13.8. The fourth-order valence-electron chi connectivity index (χ4n) is 5.30. The van der Waals surface area contributed by atoms with Crippen molar-refractivity contribution in [3.05, 3.63) is 53.0 Å². The maximum absolute atomic E-state index is 15.3. The van der Waals surface area contributed by atoms with Gasteiger partial charge < -0.3 is 15.0 Å². The molecule has 1 saturated heterocycles. The zero-order valence-electron chi connectivity index (χ0n) is 23.8. The molecule has 14 heteroatoms. The zero-order valence-corrected chi connectivity index (χ0v) is 24.6. The van der Waals surface area contributed by atoms with Crippen LogP contribution in [0, 0.1) is 25.5 Å². The summed E-state index contributed by atoms with van der Waals surface area (Å²) in [7, 11) is -2.38. The third-order valence-electron chi connectivity index (χ3n) is 7.66. The van der Waals surface area contributed by atoms with Gasteiger partial charge in [-0.1, -0.05) is 0 Å². The molecule has 3 aromatic heterocycles. The van der Waals surface area contributed by atoms with Gasteiger partial charge in [-0.3, -0.25) is 9.78 Å². The molecule has 6 rings (SSSR count). The number of H-pyrrole nitrogens is 1. The van der Waals surface area contributed by atoms with Crippen molar-refractivity contribution in [2.45, 2.75) is 56.4 Å². The second-order valence-corrected chi connectivity index (χ2v) is 13.0. The van der Waals surface area contributed by atoms with Crippen molar-refractivity contribution in [1.29, 1.82) is 0 Å². The Labute approximate surface area is 242 Å². The van der Waals surface area contributed by atoms with Crippen LogP contribution in [0.4, 0.5) is 32.1 Å². The second kappa shape index (κ2) is 10.7. The Hall–Kier alpha value is -3.91. The maximum atomic E-state index is 15.3. The van der Waals surface area contributed by atoms with Gasteiger partial charge in [0.15, 0.2) is 27.3 Å². The van der Waals surface area contributed by atoms with E-state index in [0.29, 0.717) is 30.5 Å². The predicted octanol–water partition coefficient (Wildman–Crippen LogP) is 5.10. The van der Waals surface area contributed by atoms with E-state index in [4.69, 9.17) is 19.8 Å². The van der Waals surface area contributed by atoms with Gasteiger partial charge in [0, 0.05) is 55.6 Å². The number of hydrogen-bond donors (Lipinski definition) is 2. The highest BCUT2D eigenvalue weighted by molar-refractivity contribution is 7.90. The van der Waals surface area contributed by atoms with E-state index in [1.54, 1.807) is 0 Å². The third kappa shape index (κ3) is 5.48. The lowest BCUT2D eigenvalue weighted by atomic mass is 10.0. The van der Waals surface area contributed by atoms with Gasteiger partial charge in [-0.25, -0.2) is 22.2 Å². The fourth-order valence-corrected chi connectivity index (χ4v) is 5.93. The molecule has 2 fully saturated rings. The van der Waals surface area contributed by atoms with E-state index in [9.17, 15) is 8.42 Å². The van der Waals surface area contributed by atoms with E-state index in [1.165, 1.54) is 11.9 Å². The van der Waals surface area contributed by atoms with Gasteiger partial charge >= 0.3 is 0 Å². The number of nitrogens with zero attached hydrogens (tertiary/aromatic N) is 6. The molecule has 4 heterocycles. The van der Waals surface area contributed by atoms with Crippen molar-refractivity contribution in [3.8, 4) is 11.3 Å². The van der Waals surface area contributed by atoms with Crippen molar-refractivity contribution in [2.24, 2.45) is 0 Å². The summed E-state index contributed by atoms with van der Waals surface area (Å²) in [6.45, 7) is 5.13. The van der Waals surface area contributed by atoms with E-state index in [2.05, 4.69) is 15.5 Å². The van der Waals surface area contributed by atoms with Gasteiger partial charge in [0.25, 0.3) is 0 Å². The molecule has 0 unspecified atom stereocenters. The molecule has 0 amide bonds. The minimum atomic E-state index is -3.82. The lowest BCUT2D eigenvalue weighted by Crippen LogP contribution is -2.20. The smallest absolute Gasteiger partial charge is 0.232 e. The molecule has 1 saturated carbocycles. The first-order valence-corrected chi connectivity index (χ1v) is 15.7. The van der Waals surface area contributed by atoms with Gasteiger partial charge in [-0.15, -0.1) is 0 Å². The molecule has 4 aromatic rings. The van der Waals surface area contributed by atoms with E-state index < -0.39 is 32.1 Å². The number of benzene rings is 1. The summed E-state index contributed by atoms with van der Waals surface area (Å²) in [5.74, 6) is -0.868. The molecule has 2 aliphatic rings. The molecule has 1 aliphatic carbocycles. The van der Waals surface area contributed by atoms with E-state index in [1.807, 2.05) is 30.8 Å². The summed E-state index contributed by atoms with van der Waals surface area (Å²) in [6, 6.07) is 3.63. The van der Waals surface area contributed by atoms with Crippen LogP contribution in [0.15, 0.2) is 29.3 Å². The topological polar surface area (TPSA) is 131 Å². The molecule has 2 N–H and O–H groups in total. The van der Waals surface area contributed by atoms with Gasteiger partial charge in [-0.2, -0.15) is 15.2 Å². The Morgan fingerprint density at radius 3 is 2.36 bits per heavy atom. The Morgan fingerprint density at radius 2 is 1.76 bits per heavy atom. The molecule has 42 heavy (non-hydrogen) atoms. The second-order valence-electron chi connectivity index (χ2n) is 11.0. The van der Waals surface area contributed by atoms with Crippen LogP contribution in [0.25, 0.3) is 11.3 Å². The number of aromatic nitrogens is 6. The molecule has 0 atom stereocenters. The SMILES string of the molecule is Cc1cc(Nc2nc(N(C)c3c(F)cc(S(C)(=O)=O)cc3F)nc(-c3cn(C4CCOCC4)nc3C)c2C2CC2)n[nH]1. The summed E-state index contributed by atoms with van der Waals surface area (Å²) in [6.07, 6.45) is 6.47. The van der Waals surface area contributed by atoms with Crippen LogP contribution in [0.1, 0.15) is 54.6 Å². The van der Waals surface area contributed by atoms with Crippen LogP contribution < -0.4 is 10.2 Å². The van der Waals surface area contributed by atoms with Crippen LogP contribution in [0.5, 0.6) is 0 Å². The minimum absolute atomic E-state index is 0.0206. The number of aromatic amines is 1. The van der Waals surface area contributed by atoms with Crippen LogP contribution >= 0.6 is 0 Å². The molecular formula is C28H32F2N8O3S. The summed E-state index contributed by atoms with van der Waals surface area (Å²) in [5.41, 5.74) is 3.45. The van der Waals surface area contributed by atoms with Gasteiger partial charge in [0.2, 0.25) is 5.95 Å². The highest BCUT2D eigenvalue weighted by atomic mass is 32.2. The Bertz CT molecular complexity index is 1740. The molecule has 0 radical (unpaired) electrons. The number of aryl methyl sites for hydroxylation is 2. The van der Waals surface area contributed by atoms with E-state index >= 15 is 8.78 Å². The molecule has 1 aromatic carbocycles. The van der Waals surface area contributed by atoms with Crippen molar-refractivity contribution >= 4 is 33.1 Å². The van der Waals surface area contributed by atoms with E-state index in [0.717, 1.165) is 66.6 Å². The number of hydrogen-bond acceptors (Lipinski definition) is 9. The predicted molar refractivity (Wildman–Crippen MR) is 153 cm³/mol. The van der Waals surface area contributed by atoms with Crippen LogP contribution in [0.3, 0.4) is 0 Å². The molecule has 222 valence electrons. The van der Waals surface area contributed by atoms with Crippen molar-refractivity contribution < 1.29 is 21.9 Å². The van der Waals surface area contributed by atoms with Gasteiger partial charge in [-0.05, 0) is 57.6 Å². The van der Waals surface area contributed by atoms with Crippen LogP contribution in [-0.4, -0.2) is 64.9 Å². The van der Waals surface area contributed by atoms with Gasteiger partial charge in [0.1, 0.15) is 11.5 Å². The summed E-state index contributed by atoms with van der Waals surface area (Å²) in [4.78, 5) is 10.4. The summed E-state index contributed by atoms with van der Waals surface area (Å²) >= 11 is 0. The van der Waals surface area contributed by atoms with Gasteiger partial charge in [0.05, 0.1) is 22.3 Å². The number of anilines is 4. The fraction of sp³-hybridized carbons (Fsp3) is 0.429. The highest BCUT2D eigenvalue weighted by Crippen LogP contribution is 2.48. The monoisotopic (exact) mass is 598 g/mol. The van der Waals surface area contributed by atoms with Crippen molar-refractivity contribution in [2.75, 3.05) is 36.7 Å². The number of ether oxygens (including phenoxy) is 1. The molecular weight excluding hydrogens is 566 g/mol. The first-order chi connectivity index (χ1) is 20.0. The average Bonchev–Trinajstić information content (AvgIpc) is 3.58. The lowest BCUT2D eigenvalue weighted by Gasteiger charge is -2.23. The molecule has 11 nitrogen and oxygen atoms in total. The normalized spacial score (nSPS) is 16.1. The van der Waals surface area contributed by atoms with Crippen molar-refractivity contribution in [1.82, 2.24) is 29.9 Å². The zero-order chi connectivity index (χ0) is 29.8. The minimum Gasteiger partial charge on any atom is -0.381 e. The van der Waals surface area contributed by atoms with E-state index in [-0.39, 0.29) is 17.9 Å². The highest BCUT2D eigenvalue weighted by Gasteiger charge is 2.34. The number of halogens is 2. The van der Waals surface area contributed by atoms with Crippen LogP contribution in [0.2, 0.25) is 0 Å². The number of sulfone groups is 1. The number of rotatable bonds is 8. The Morgan fingerprint density at radius 1 is 1.07 bits per heavy atom. The lowest BCUT2D eigenvalue weighted by molar-refractivity contribution is 0.0662. The van der Waals surface area contributed by atoms with Crippen LogP contribution in [-0.2, 0) is 14.6 Å². The third-order valence-corrected chi connectivity index (χ3v) is 8.75. The molecule has 0 bridgehead atoms. The largest absolute Gasteiger partial charge is 0.381 e. The quantitative estimate of drug-likeness (QED) is 0.284. The molecule has 1 aliphatic heterocycles.